The molecular formula is C16H22O3. The monoisotopic (exact) mass is 262 g/mol. The maximum atomic E-state index is 11.9. The van der Waals surface area contributed by atoms with E-state index < -0.39 is 5.79 Å². The molecule has 1 aliphatic heterocycles. The highest BCUT2D eigenvalue weighted by atomic mass is 16.7. The van der Waals surface area contributed by atoms with Crippen LogP contribution in [0.15, 0.2) is 22.8 Å². The average molecular weight is 262 g/mol. The van der Waals surface area contributed by atoms with E-state index in [9.17, 15) is 4.79 Å². The third kappa shape index (κ3) is 1.57. The van der Waals surface area contributed by atoms with E-state index in [0.717, 1.165) is 24.0 Å². The van der Waals surface area contributed by atoms with Gasteiger partial charge in [0.15, 0.2) is 0 Å². The molecule has 3 aliphatic rings. The van der Waals surface area contributed by atoms with Crippen molar-refractivity contribution < 1.29 is 14.3 Å². The van der Waals surface area contributed by atoms with Crippen LogP contribution < -0.4 is 0 Å². The summed E-state index contributed by atoms with van der Waals surface area (Å²) in [7, 11) is 1.64. The Balaban J connectivity index is 2.10. The summed E-state index contributed by atoms with van der Waals surface area (Å²) in [4.78, 5) is 11.9. The van der Waals surface area contributed by atoms with Gasteiger partial charge in [-0.15, -0.1) is 0 Å². The molecule has 1 saturated carbocycles. The summed E-state index contributed by atoms with van der Waals surface area (Å²) in [6.45, 7) is 6.51. The zero-order valence-corrected chi connectivity index (χ0v) is 12.2. The second-order valence-corrected chi connectivity index (χ2v) is 6.43. The van der Waals surface area contributed by atoms with Crippen LogP contribution in [-0.4, -0.2) is 18.9 Å². The summed E-state index contributed by atoms with van der Waals surface area (Å²) in [6, 6.07) is 0. The van der Waals surface area contributed by atoms with Gasteiger partial charge in [0.05, 0.1) is 0 Å². The normalized spacial score (nSPS) is 41.6. The van der Waals surface area contributed by atoms with E-state index in [1.165, 1.54) is 12.0 Å². The highest BCUT2D eigenvalue weighted by molar-refractivity contribution is 5.92. The van der Waals surface area contributed by atoms with Crippen molar-refractivity contribution >= 4 is 5.97 Å². The molecule has 0 bridgehead atoms. The van der Waals surface area contributed by atoms with Gasteiger partial charge < -0.3 is 9.47 Å². The van der Waals surface area contributed by atoms with Crippen LogP contribution >= 0.6 is 0 Å². The Labute approximate surface area is 114 Å². The Hall–Kier alpha value is -1.09. The lowest BCUT2D eigenvalue weighted by Gasteiger charge is -2.49. The second-order valence-electron chi connectivity index (χ2n) is 6.43. The van der Waals surface area contributed by atoms with Crippen LogP contribution in [0.2, 0.25) is 0 Å². The van der Waals surface area contributed by atoms with Crippen LogP contribution in [0, 0.1) is 11.3 Å². The maximum absolute atomic E-state index is 11.9. The van der Waals surface area contributed by atoms with Gasteiger partial charge in [-0.05, 0) is 37.5 Å². The van der Waals surface area contributed by atoms with Gasteiger partial charge in [-0.2, -0.15) is 0 Å². The Morgan fingerprint density at radius 3 is 2.84 bits per heavy atom. The largest absolute Gasteiger partial charge is 0.425 e. The van der Waals surface area contributed by atoms with Crippen LogP contribution in [0.4, 0.5) is 0 Å². The highest BCUT2D eigenvalue weighted by Crippen LogP contribution is 2.58. The molecule has 1 heterocycles. The van der Waals surface area contributed by atoms with E-state index in [2.05, 4.69) is 19.9 Å². The SMILES string of the molecule is CO[C@@]12CC3=CCC[C@H](C)[C@@]3(C)CC1=C(C)C(=O)O2. The van der Waals surface area contributed by atoms with Crippen molar-refractivity contribution in [2.75, 3.05) is 7.11 Å². The minimum atomic E-state index is -0.816. The smallest absolute Gasteiger partial charge is 0.336 e. The number of hydrogen-bond acceptors (Lipinski definition) is 3. The molecule has 0 N–H and O–H groups in total. The van der Waals surface area contributed by atoms with E-state index in [-0.39, 0.29) is 11.4 Å². The molecule has 0 spiro atoms. The fourth-order valence-corrected chi connectivity index (χ4v) is 3.90. The van der Waals surface area contributed by atoms with Crippen molar-refractivity contribution in [1.82, 2.24) is 0 Å². The van der Waals surface area contributed by atoms with Crippen LogP contribution in [0.3, 0.4) is 0 Å². The second kappa shape index (κ2) is 3.95. The Morgan fingerprint density at radius 1 is 1.42 bits per heavy atom. The lowest BCUT2D eigenvalue weighted by molar-refractivity contribution is -0.198. The molecule has 104 valence electrons. The summed E-state index contributed by atoms with van der Waals surface area (Å²) in [6.07, 6.45) is 6.26. The lowest BCUT2D eigenvalue weighted by Crippen LogP contribution is -2.46. The number of allylic oxidation sites excluding steroid dienone is 1. The van der Waals surface area contributed by atoms with Gasteiger partial charge in [0, 0.05) is 24.7 Å². The summed E-state index contributed by atoms with van der Waals surface area (Å²) >= 11 is 0. The van der Waals surface area contributed by atoms with Crippen molar-refractivity contribution in [3.8, 4) is 0 Å². The molecule has 0 radical (unpaired) electrons. The molecule has 3 heteroatoms. The first-order chi connectivity index (χ1) is 8.93. The summed E-state index contributed by atoms with van der Waals surface area (Å²) in [5.41, 5.74) is 3.37. The molecule has 0 unspecified atom stereocenters. The van der Waals surface area contributed by atoms with Crippen LogP contribution in [-0.2, 0) is 14.3 Å². The fraction of sp³-hybridized carbons (Fsp3) is 0.688. The molecule has 1 fully saturated rings. The average Bonchev–Trinajstić information content (AvgIpc) is 2.62. The molecule has 0 amide bonds. The van der Waals surface area contributed by atoms with Crippen molar-refractivity contribution in [1.29, 1.82) is 0 Å². The van der Waals surface area contributed by atoms with Crippen LogP contribution in [0.25, 0.3) is 0 Å². The number of hydrogen-bond donors (Lipinski definition) is 0. The Morgan fingerprint density at radius 2 is 2.16 bits per heavy atom. The maximum Gasteiger partial charge on any atom is 0.336 e. The minimum Gasteiger partial charge on any atom is -0.425 e. The number of esters is 1. The molecule has 19 heavy (non-hydrogen) atoms. The molecule has 3 rings (SSSR count). The molecule has 0 aromatic rings. The van der Waals surface area contributed by atoms with E-state index in [0.29, 0.717) is 12.3 Å². The van der Waals surface area contributed by atoms with Gasteiger partial charge in [0.2, 0.25) is 5.79 Å². The summed E-state index contributed by atoms with van der Waals surface area (Å²) in [5.74, 6) is -0.394. The topological polar surface area (TPSA) is 35.5 Å². The molecule has 3 nitrogen and oxygen atoms in total. The Kier molecular flexibility index (Phi) is 2.69. The first-order valence-corrected chi connectivity index (χ1v) is 7.11. The molecule has 2 aliphatic carbocycles. The van der Waals surface area contributed by atoms with E-state index in [1.807, 2.05) is 6.92 Å². The quantitative estimate of drug-likeness (QED) is 0.537. The summed E-state index contributed by atoms with van der Waals surface area (Å²) in [5, 5.41) is 0. The zero-order chi connectivity index (χ0) is 13.8. The zero-order valence-electron chi connectivity index (χ0n) is 12.2. The predicted molar refractivity (Wildman–Crippen MR) is 72.4 cm³/mol. The van der Waals surface area contributed by atoms with Gasteiger partial charge in [0.1, 0.15) is 0 Å². The predicted octanol–water partition coefficient (Wildman–Crippen LogP) is 3.36. The van der Waals surface area contributed by atoms with Gasteiger partial charge >= 0.3 is 5.97 Å². The van der Waals surface area contributed by atoms with Gasteiger partial charge in [-0.25, -0.2) is 4.79 Å². The van der Waals surface area contributed by atoms with Crippen LogP contribution in [0.5, 0.6) is 0 Å². The fourth-order valence-electron chi connectivity index (χ4n) is 3.90. The van der Waals surface area contributed by atoms with Crippen LogP contribution in [0.1, 0.15) is 46.5 Å². The molecular weight excluding hydrogens is 240 g/mol. The molecule has 0 aromatic heterocycles. The highest BCUT2D eigenvalue weighted by Gasteiger charge is 2.56. The van der Waals surface area contributed by atoms with Crippen molar-refractivity contribution in [3.05, 3.63) is 22.8 Å². The van der Waals surface area contributed by atoms with Crippen molar-refractivity contribution in [2.45, 2.75) is 52.2 Å². The number of fused-ring (bicyclic) bond motifs is 2. The Bertz CT molecular complexity index is 502. The number of rotatable bonds is 1. The van der Waals surface area contributed by atoms with Gasteiger partial charge in [-0.3, -0.25) is 0 Å². The number of ether oxygens (including phenoxy) is 2. The van der Waals surface area contributed by atoms with Crippen molar-refractivity contribution in [3.63, 3.8) is 0 Å². The lowest BCUT2D eigenvalue weighted by atomic mass is 9.58. The standard InChI is InChI=1S/C16H22O3/c1-10-6-5-7-12-8-16(18-4)13(9-15(10,12)3)11(2)14(17)19-16/h7,10H,5-6,8-9H2,1-4H3/t10-,15+,16+/m0/s1. The van der Waals surface area contributed by atoms with E-state index in [1.54, 1.807) is 7.11 Å². The molecule has 0 saturated heterocycles. The van der Waals surface area contributed by atoms with E-state index >= 15 is 0 Å². The van der Waals surface area contributed by atoms with E-state index in [4.69, 9.17) is 9.47 Å². The van der Waals surface area contributed by atoms with Gasteiger partial charge in [0.25, 0.3) is 0 Å². The number of carbonyl (C=O) groups is 1. The number of methoxy groups -OCH3 is 1. The summed E-state index contributed by atoms with van der Waals surface area (Å²) < 4.78 is 11.2. The first kappa shape index (κ1) is 12.9. The molecule has 3 atom stereocenters. The van der Waals surface area contributed by atoms with Crippen molar-refractivity contribution in [2.24, 2.45) is 11.3 Å². The first-order valence-electron chi connectivity index (χ1n) is 7.11. The third-order valence-electron chi connectivity index (χ3n) is 5.58. The molecule has 0 aromatic carbocycles. The minimum absolute atomic E-state index is 0.158. The number of carbonyl (C=O) groups excluding carboxylic acids is 1. The van der Waals surface area contributed by atoms with Gasteiger partial charge in [-0.1, -0.05) is 25.5 Å². The third-order valence-corrected chi connectivity index (χ3v) is 5.58.